The number of hydrogen-bond acceptors (Lipinski definition) is 6. The van der Waals surface area contributed by atoms with Gasteiger partial charge in [-0.05, 0) is 46.0 Å². The fraction of sp³-hybridized carbons (Fsp3) is 0.750. The quantitative estimate of drug-likeness (QED) is 0.656. The second-order valence-corrected chi connectivity index (χ2v) is 7.44. The molecule has 0 unspecified atom stereocenters. The first-order valence-corrected chi connectivity index (χ1v) is 8.06. The summed E-state index contributed by atoms with van der Waals surface area (Å²) in [5, 5.41) is 14.2. The summed E-state index contributed by atoms with van der Waals surface area (Å²) in [4.78, 5) is 51.7. The van der Waals surface area contributed by atoms with E-state index in [2.05, 4.69) is 10.6 Å². The first kappa shape index (κ1) is 21.6. The first-order valence-electron chi connectivity index (χ1n) is 8.06. The van der Waals surface area contributed by atoms with E-state index in [1.807, 2.05) is 0 Å². The zero-order chi connectivity index (χ0) is 20.3. The van der Waals surface area contributed by atoms with E-state index in [0.717, 1.165) is 0 Å². The van der Waals surface area contributed by atoms with Crippen LogP contribution in [-0.4, -0.2) is 52.6 Å². The number of carboxylic acid groups (broad SMARTS) is 1. The van der Waals surface area contributed by atoms with Crippen molar-refractivity contribution in [1.82, 2.24) is 10.6 Å². The summed E-state index contributed by atoms with van der Waals surface area (Å²) >= 11 is 0. The smallest absolute Gasteiger partial charge is 0.408 e. The van der Waals surface area contributed by atoms with Crippen molar-refractivity contribution in [3.05, 3.63) is 0 Å². The second kappa shape index (κ2) is 7.82. The molecule has 2 fully saturated rings. The topological polar surface area (TPSA) is 139 Å². The van der Waals surface area contributed by atoms with E-state index < -0.39 is 41.3 Å². The molecular weight excluding hydrogens is 351 g/mol. The van der Waals surface area contributed by atoms with Gasteiger partial charge < -0.3 is 20.5 Å². The van der Waals surface area contributed by atoms with Crippen molar-refractivity contribution in [2.24, 2.45) is 11.8 Å². The Balaban J connectivity index is 0.00000105. The summed E-state index contributed by atoms with van der Waals surface area (Å²) in [6.45, 7) is 6.47. The molecule has 0 saturated heterocycles. The van der Waals surface area contributed by atoms with Crippen LogP contribution in [0.5, 0.6) is 0 Å². The molecule has 0 radical (unpaired) electrons. The molecule has 0 aliphatic heterocycles. The van der Waals surface area contributed by atoms with Crippen LogP contribution in [0.3, 0.4) is 0 Å². The molecule has 2 saturated carbocycles. The highest BCUT2D eigenvalue weighted by Gasteiger charge is 2.67. The molecule has 3 N–H and O–H groups in total. The fourth-order valence-corrected chi connectivity index (χ4v) is 3.11. The van der Waals surface area contributed by atoms with Gasteiger partial charge in [0, 0.05) is 6.42 Å². The van der Waals surface area contributed by atoms with Crippen molar-refractivity contribution in [2.45, 2.75) is 63.9 Å². The van der Waals surface area contributed by atoms with Gasteiger partial charge in [-0.15, -0.1) is 0 Å². The van der Waals surface area contributed by atoms with Crippen molar-refractivity contribution in [3.8, 4) is 0 Å². The number of aliphatic carboxylic acids is 1. The lowest BCUT2D eigenvalue weighted by Crippen LogP contribution is -2.59. The second-order valence-electron chi connectivity index (χ2n) is 7.44. The Labute approximate surface area is 149 Å². The monoisotopic (exact) mass is 374 g/mol. The van der Waals surface area contributed by atoms with Crippen LogP contribution in [0, 0.1) is 11.8 Å². The molecule has 146 valence electrons. The van der Waals surface area contributed by atoms with E-state index in [0.29, 0.717) is 6.42 Å². The van der Waals surface area contributed by atoms with Gasteiger partial charge in [0.05, 0.1) is 0 Å². The summed E-state index contributed by atoms with van der Waals surface area (Å²) in [7, 11) is 0. The van der Waals surface area contributed by atoms with Crippen LogP contribution in [0.1, 0.15) is 40.5 Å². The molecule has 0 aromatic rings. The minimum Gasteiger partial charge on any atom is -0.479 e. The lowest BCUT2D eigenvalue weighted by atomic mass is 9.92. The van der Waals surface area contributed by atoms with Gasteiger partial charge in [-0.1, -0.05) is 0 Å². The predicted octanol–water partition coefficient (Wildman–Crippen LogP) is 0.634. The van der Waals surface area contributed by atoms with E-state index in [9.17, 15) is 23.9 Å². The zero-order valence-electron chi connectivity index (χ0n) is 15.0. The molecule has 10 heteroatoms. The molecule has 0 spiro atoms. The number of hydrogen-bond donors (Lipinski definition) is 3. The standard InChI is InChI=1S/C15H23FN2O5.CO2/c1-7(17-13(22)23-14(2,3)4)11(19)18-15(12(20)21)6-10(16)8-5-9(8)15;2-1-3/h7-10H,5-6H2,1-4H3,(H,17,22)(H,18,19)(H,20,21);/t7-,8-,9+,10+,15-;/m0./s1. The van der Waals surface area contributed by atoms with Gasteiger partial charge in [-0.3, -0.25) is 4.79 Å². The van der Waals surface area contributed by atoms with Crippen LogP contribution < -0.4 is 10.6 Å². The third-order valence-corrected chi connectivity index (χ3v) is 4.31. The number of carboxylic acids is 1. The summed E-state index contributed by atoms with van der Waals surface area (Å²) in [5.41, 5.74) is -2.29. The van der Waals surface area contributed by atoms with Gasteiger partial charge in [0.15, 0.2) is 0 Å². The number of ether oxygens (including phenoxy) is 1. The van der Waals surface area contributed by atoms with Crippen molar-refractivity contribution in [1.29, 1.82) is 0 Å². The van der Waals surface area contributed by atoms with E-state index in [1.165, 1.54) is 6.92 Å². The van der Waals surface area contributed by atoms with E-state index in [-0.39, 0.29) is 24.4 Å². The van der Waals surface area contributed by atoms with Crippen molar-refractivity contribution in [3.63, 3.8) is 0 Å². The van der Waals surface area contributed by atoms with Gasteiger partial charge in [0.25, 0.3) is 0 Å². The molecule has 26 heavy (non-hydrogen) atoms. The Hall–Kier alpha value is -2.48. The molecule has 9 nitrogen and oxygen atoms in total. The average molecular weight is 374 g/mol. The van der Waals surface area contributed by atoms with Crippen LogP contribution in [0.25, 0.3) is 0 Å². The van der Waals surface area contributed by atoms with E-state index in [4.69, 9.17) is 14.3 Å². The van der Waals surface area contributed by atoms with Gasteiger partial charge in [-0.2, -0.15) is 9.59 Å². The van der Waals surface area contributed by atoms with E-state index in [1.54, 1.807) is 20.8 Å². The van der Waals surface area contributed by atoms with Gasteiger partial charge in [0.2, 0.25) is 5.91 Å². The highest BCUT2D eigenvalue weighted by molar-refractivity contribution is 5.92. The Morgan fingerprint density at radius 1 is 1.31 bits per heavy atom. The number of amides is 2. The molecule has 2 aliphatic rings. The number of alkyl halides is 1. The summed E-state index contributed by atoms with van der Waals surface area (Å²) < 4.78 is 18.8. The summed E-state index contributed by atoms with van der Waals surface area (Å²) in [6.07, 6.45) is -1.52. The number of halogens is 1. The maximum Gasteiger partial charge on any atom is 0.408 e. The third-order valence-electron chi connectivity index (χ3n) is 4.31. The number of carbonyl (C=O) groups excluding carboxylic acids is 4. The number of alkyl carbamates (subject to hydrolysis) is 1. The number of rotatable bonds is 4. The van der Waals surface area contributed by atoms with Gasteiger partial charge in [-0.25, -0.2) is 14.0 Å². The molecule has 2 aliphatic carbocycles. The molecule has 0 aromatic carbocycles. The first-order chi connectivity index (χ1) is 11.9. The predicted molar refractivity (Wildman–Crippen MR) is 83.5 cm³/mol. The minimum atomic E-state index is -1.58. The molecule has 2 rings (SSSR count). The van der Waals surface area contributed by atoms with Crippen molar-refractivity contribution in [2.75, 3.05) is 0 Å². The minimum absolute atomic E-state index is 0.234. The molecule has 0 aromatic heterocycles. The highest BCUT2D eigenvalue weighted by atomic mass is 19.1. The third kappa shape index (κ3) is 5.01. The van der Waals surface area contributed by atoms with Crippen molar-refractivity contribution < 1.29 is 38.2 Å². The molecular formula is C16H23FN2O7. The van der Waals surface area contributed by atoms with Gasteiger partial charge >= 0.3 is 18.2 Å². The SMILES string of the molecule is C[C@H](NC(=O)OC(C)(C)C)C(=O)N[C@@]1(C(=O)O)C[C@@H](F)[C@H]2C[C@H]21.O=C=O. The number of nitrogens with one attached hydrogen (secondary N) is 2. The number of carbonyl (C=O) groups is 3. The lowest BCUT2D eigenvalue weighted by molar-refractivity contribution is -0.191. The van der Waals surface area contributed by atoms with Crippen molar-refractivity contribution >= 4 is 24.1 Å². The maximum absolute atomic E-state index is 13.8. The summed E-state index contributed by atoms with van der Waals surface area (Å²) in [6, 6.07) is -0.989. The molecule has 0 heterocycles. The fourth-order valence-electron chi connectivity index (χ4n) is 3.11. The Bertz CT molecular complexity index is 612. The van der Waals surface area contributed by atoms with Crippen LogP contribution >= 0.6 is 0 Å². The molecule has 0 bridgehead atoms. The molecule has 2 amide bonds. The normalized spacial score (nSPS) is 29.8. The number of fused-ring (bicyclic) bond motifs is 1. The lowest BCUT2D eigenvalue weighted by Gasteiger charge is -2.29. The van der Waals surface area contributed by atoms with Crippen LogP contribution in [-0.2, 0) is 23.9 Å². The Kier molecular flexibility index (Phi) is 6.49. The maximum atomic E-state index is 13.8. The largest absolute Gasteiger partial charge is 0.479 e. The van der Waals surface area contributed by atoms with E-state index >= 15 is 0 Å². The van der Waals surface area contributed by atoms with Crippen LogP contribution in [0.4, 0.5) is 9.18 Å². The van der Waals surface area contributed by atoms with Crippen LogP contribution in [0.2, 0.25) is 0 Å². The zero-order valence-corrected chi connectivity index (χ0v) is 15.0. The Morgan fingerprint density at radius 3 is 2.19 bits per heavy atom. The average Bonchev–Trinajstić information content (AvgIpc) is 3.20. The van der Waals surface area contributed by atoms with Crippen LogP contribution in [0.15, 0.2) is 0 Å². The summed E-state index contributed by atoms with van der Waals surface area (Å²) in [5.74, 6) is -2.57. The highest BCUT2D eigenvalue weighted by Crippen LogP contribution is 2.58. The Morgan fingerprint density at radius 2 is 1.85 bits per heavy atom. The van der Waals surface area contributed by atoms with Gasteiger partial charge in [0.1, 0.15) is 23.4 Å². The molecule has 5 atom stereocenters.